The van der Waals surface area contributed by atoms with Crippen molar-refractivity contribution in [3.05, 3.63) is 35.4 Å². The van der Waals surface area contributed by atoms with E-state index < -0.39 is 28.9 Å². The van der Waals surface area contributed by atoms with Crippen molar-refractivity contribution in [2.45, 2.75) is 26.7 Å². The Bertz CT molecular complexity index is 441. The van der Waals surface area contributed by atoms with Gasteiger partial charge in [-0.1, -0.05) is 19.9 Å². The molecule has 1 amide bonds. The van der Waals surface area contributed by atoms with Crippen LogP contribution in [0.3, 0.4) is 0 Å². The van der Waals surface area contributed by atoms with Gasteiger partial charge in [0.25, 0.3) is 0 Å². The van der Waals surface area contributed by atoms with E-state index in [4.69, 9.17) is 5.11 Å². The maximum atomic E-state index is 13.5. The fraction of sp³-hybridized carbons (Fsp3) is 0.500. The van der Waals surface area contributed by atoms with Gasteiger partial charge in [-0.15, -0.1) is 0 Å². The molecule has 3 nitrogen and oxygen atoms in total. The van der Waals surface area contributed by atoms with Gasteiger partial charge in [0, 0.05) is 24.1 Å². The molecule has 1 aromatic carbocycles. The third kappa shape index (κ3) is 3.99. The number of halogens is 2. The van der Waals surface area contributed by atoms with Gasteiger partial charge < -0.3 is 10.4 Å². The molecule has 106 valence electrons. The van der Waals surface area contributed by atoms with Crippen LogP contribution in [0.15, 0.2) is 18.2 Å². The van der Waals surface area contributed by atoms with Crippen LogP contribution in [-0.4, -0.2) is 24.2 Å². The van der Waals surface area contributed by atoms with E-state index >= 15 is 0 Å². The van der Waals surface area contributed by atoms with Crippen LogP contribution in [0.4, 0.5) is 8.78 Å². The van der Waals surface area contributed by atoms with Gasteiger partial charge in [-0.2, -0.15) is 0 Å². The lowest BCUT2D eigenvalue weighted by molar-refractivity contribution is -0.122. The van der Waals surface area contributed by atoms with Crippen molar-refractivity contribution in [2.75, 3.05) is 13.2 Å². The Balaban J connectivity index is 2.78. The van der Waals surface area contributed by atoms with Crippen LogP contribution in [0.1, 0.15) is 32.3 Å². The van der Waals surface area contributed by atoms with E-state index in [-0.39, 0.29) is 18.7 Å². The van der Waals surface area contributed by atoms with Gasteiger partial charge in [0.05, 0.1) is 5.92 Å². The number of benzene rings is 1. The lowest BCUT2D eigenvalue weighted by Crippen LogP contribution is -2.38. The van der Waals surface area contributed by atoms with Crippen molar-refractivity contribution in [3.8, 4) is 0 Å². The molecule has 0 heterocycles. The van der Waals surface area contributed by atoms with E-state index in [0.717, 1.165) is 12.1 Å². The first-order chi connectivity index (χ1) is 8.78. The lowest BCUT2D eigenvalue weighted by Gasteiger charge is -2.23. The second kappa shape index (κ2) is 6.10. The molecule has 0 aromatic heterocycles. The van der Waals surface area contributed by atoms with E-state index in [1.807, 2.05) is 0 Å². The van der Waals surface area contributed by atoms with E-state index in [0.29, 0.717) is 0 Å². The monoisotopic (exact) mass is 271 g/mol. The number of rotatable bonds is 5. The first kappa shape index (κ1) is 15.6. The Hall–Kier alpha value is -1.49. The quantitative estimate of drug-likeness (QED) is 0.862. The largest absolute Gasteiger partial charge is 0.396 e. The highest BCUT2D eigenvalue weighted by atomic mass is 19.1. The summed E-state index contributed by atoms with van der Waals surface area (Å²) in [7, 11) is 0. The second-order valence-corrected chi connectivity index (χ2v) is 5.40. The fourth-order valence-electron chi connectivity index (χ4n) is 1.59. The summed E-state index contributed by atoms with van der Waals surface area (Å²) >= 11 is 0. The number of hydrogen-bond acceptors (Lipinski definition) is 2. The number of carbonyl (C=O) groups excluding carboxylic acids is 1. The van der Waals surface area contributed by atoms with Crippen molar-refractivity contribution in [1.29, 1.82) is 0 Å². The third-order valence-electron chi connectivity index (χ3n) is 3.00. The van der Waals surface area contributed by atoms with E-state index in [9.17, 15) is 13.6 Å². The average molecular weight is 271 g/mol. The second-order valence-electron chi connectivity index (χ2n) is 5.40. The van der Waals surface area contributed by atoms with Crippen LogP contribution in [0.25, 0.3) is 0 Å². The average Bonchev–Trinajstić information content (AvgIpc) is 2.35. The van der Waals surface area contributed by atoms with E-state index in [2.05, 4.69) is 5.32 Å². The topological polar surface area (TPSA) is 49.3 Å². The van der Waals surface area contributed by atoms with E-state index in [1.54, 1.807) is 13.8 Å². The predicted octanol–water partition coefficient (Wildman–Crippen LogP) is 2.20. The minimum atomic E-state index is -0.921. The molecule has 0 saturated carbocycles. The summed E-state index contributed by atoms with van der Waals surface area (Å²) in [6, 6.07) is 3.51. The molecule has 0 aliphatic carbocycles. The van der Waals surface area contributed by atoms with Crippen LogP contribution in [0.5, 0.6) is 0 Å². The van der Waals surface area contributed by atoms with Gasteiger partial charge in [-0.3, -0.25) is 4.79 Å². The van der Waals surface area contributed by atoms with Crippen molar-refractivity contribution in [3.63, 3.8) is 0 Å². The van der Waals surface area contributed by atoms with Gasteiger partial charge in [-0.05, 0) is 19.1 Å². The van der Waals surface area contributed by atoms with Gasteiger partial charge >= 0.3 is 0 Å². The normalized spacial score (nSPS) is 13.2. The summed E-state index contributed by atoms with van der Waals surface area (Å²) in [5, 5.41) is 11.7. The molecule has 0 spiro atoms. The third-order valence-corrected chi connectivity index (χ3v) is 3.00. The summed E-state index contributed by atoms with van der Waals surface area (Å²) in [4.78, 5) is 11.9. The number of hydrogen-bond donors (Lipinski definition) is 2. The number of aliphatic hydroxyl groups excluding tert-OH is 1. The van der Waals surface area contributed by atoms with E-state index in [1.165, 1.54) is 13.0 Å². The maximum absolute atomic E-state index is 13.5. The highest BCUT2D eigenvalue weighted by Gasteiger charge is 2.24. The summed E-state index contributed by atoms with van der Waals surface area (Å²) in [5.41, 5.74) is -0.704. The van der Waals surface area contributed by atoms with Crippen LogP contribution in [0.2, 0.25) is 0 Å². The molecule has 0 aliphatic heterocycles. The SMILES string of the molecule is CC(C(=O)NCC(C)(C)CO)c1c(F)cccc1F. The predicted molar refractivity (Wildman–Crippen MR) is 68.6 cm³/mol. The maximum Gasteiger partial charge on any atom is 0.227 e. The molecule has 1 aromatic rings. The number of amides is 1. The lowest BCUT2D eigenvalue weighted by atomic mass is 9.94. The first-order valence-electron chi connectivity index (χ1n) is 6.11. The Labute approximate surface area is 111 Å². The van der Waals surface area contributed by atoms with Crippen molar-refractivity contribution < 1.29 is 18.7 Å². The summed E-state index contributed by atoms with van der Waals surface area (Å²) in [6.07, 6.45) is 0. The molecule has 0 radical (unpaired) electrons. The molecular weight excluding hydrogens is 252 g/mol. The Morgan fingerprint density at radius 2 is 1.89 bits per heavy atom. The molecule has 0 fully saturated rings. The molecule has 0 saturated heterocycles. The number of nitrogens with one attached hydrogen (secondary N) is 1. The van der Waals surface area contributed by atoms with Gasteiger partial charge in [0.15, 0.2) is 0 Å². The van der Waals surface area contributed by atoms with Gasteiger partial charge in [0.1, 0.15) is 11.6 Å². The Kier molecular flexibility index (Phi) is 5.00. The minimum Gasteiger partial charge on any atom is -0.396 e. The number of aliphatic hydroxyl groups is 1. The summed E-state index contributed by atoms with van der Waals surface area (Å²) < 4.78 is 27.1. The van der Waals surface area contributed by atoms with Gasteiger partial charge in [0.2, 0.25) is 5.91 Å². The molecule has 0 bridgehead atoms. The molecule has 1 unspecified atom stereocenters. The highest BCUT2D eigenvalue weighted by molar-refractivity contribution is 5.83. The fourth-order valence-corrected chi connectivity index (χ4v) is 1.59. The highest BCUT2D eigenvalue weighted by Crippen LogP contribution is 2.22. The molecule has 5 heteroatoms. The summed E-state index contributed by atoms with van der Waals surface area (Å²) in [6.45, 7) is 5.16. The first-order valence-corrected chi connectivity index (χ1v) is 6.11. The molecule has 2 N–H and O–H groups in total. The van der Waals surface area contributed by atoms with Crippen molar-refractivity contribution in [1.82, 2.24) is 5.32 Å². The molecular formula is C14H19F2NO2. The molecule has 19 heavy (non-hydrogen) atoms. The smallest absolute Gasteiger partial charge is 0.227 e. The Morgan fingerprint density at radius 3 is 2.37 bits per heavy atom. The van der Waals surface area contributed by atoms with Crippen LogP contribution in [-0.2, 0) is 4.79 Å². The zero-order valence-corrected chi connectivity index (χ0v) is 11.3. The number of carbonyl (C=O) groups is 1. The van der Waals surface area contributed by atoms with Crippen molar-refractivity contribution >= 4 is 5.91 Å². The zero-order chi connectivity index (χ0) is 14.6. The molecule has 1 rings (SSSR count). The molecule has 1 atom stereocenters. The van der Waals surface area contributed by atoms with Crippen LogP contribution < -0.4 is 5.32 Å². The van der Waals surface area contributed by atoms with Crippen LogP contribution >= 0.6 is 0 Å². The van der Waals surface area contributed by atoms with Crippen LogP contribution in [0, 0.1) is 17.0 Å². The summed E-state index contributed by atoms with van der Waals surface area (Å²) in [5.74, 6) is -2.85. The zero-order valence-electron chi connectivity index (χ0n) is 11.3. The van der Waals surface area contributed by atoms with Gasteiger partial charge in [-0.25, -0.2) is 8.78 Å². The standard InChI is InChI=1S/C14H19F2NO2/c1-9(12-10(15)5-4-6-11(12)16)13(19)17-7-14(2,3)8-18/h4-6,9,18H,7-8H2,1-3H3,(H,17,19). The minimum absolute atomic E-state index is 0.0876. The Morgan fingerprint density at radius 1 is 1.37 bits per heavy atom. The molecule has 0 aliphatic rings. The van der Waals surface area contributed by atoms with Crippen molar-refractivity contribution in [2.24, 2.45) is 5.41 Å².